The molecule has 2 N–H and O–H groups in total. The molecule has 1 amide bonds. The second-order valence-corrected chi connectivity index (χ2v) is 7.61. The van der Waals surface area contributed by atoms with E-state index in [0.29, 0.717) is 17.5 Å². The molecule has 0 radical (unpaired) electrons. The van der Waals surface area contributed by atoms with Crippen LogP contribution in [0.15, 0.2) is 10.4 Å². The molecule has 0 aliphatic carbocycles. The van der Waals surface area contributed by atoms with Gasteiger partial charge < -0.3 is 20.3 Å². The van der Waals surface area contributed by atoms with E-state index in [1.54, 1.807) is 14.1 Å². The maximum atomic E-state index is 12.7. The van der Waals surface area contributed by atoms with Crippen molar-refractivity contribution in [2.75, 3.05) is 60.0 Å². The lowest BCUT2D eigenvalue weighted by atomic mass is 10.3. The summed E-state index contributed by atoms with van der Waals surface area (Å²) < 4.78 is 43.4. The maximum Gasteiger partial charge on any atom is 0.434 e. The number of nitrogens with zero attached hydrogens (tertiary/aromatic N) is 4. The Morgan fingerprint density at radius 1 is 1.33 bits per heavy atom. The van der Waals surface area contributed by atoms with E-state index in [-0.39, 0.29) is 43.0 Å². The van der Waals surface area contributed by atoms with Crippen molar-refractivity contribution in [2.24, 2.45) is 4.99 Å². The van der Waals surface area contributed by atoms with E-state index in [9.17, 15) is 18.0 Å². The summed E-state index contributed by atoms with van der Waals surface area (Å²) in [5, 5.41) is 7.35. The molecule has 0 spiro atoms. The minimum Gasteiger partial charge on any atom is -0.379 e. The highest BCUT2D eigenvalue weighted by Gasteiger charge is 2.33. The number of likely N-dealkylation sites (N-methyl/N-ethyl adjacent to an activating group) is 1. The van der Waals surface area contributed by atoms with E-state index in [4.69, 9.17) is 4.74 Å². The summed E-state index contributed by atoms with van der Waals surface area (Å²) in [7, 11) is 3.27. The number of nitrogens with one attached hydrogen (secondary N) is 2. The Kier molecular flexibility index (Phi) is 11.9. The molecule has 0 bridgehead atoms. The van der Waals surface area contributed by atoms with Gasteiger partial charge in [-0.2, -0.15) is 13.2 Å². The third-order valence-corrected chi connectivity index (χ3v) is 5.02. The number of guanidine groups is 1. The highest BCUT2D eigenvalue weighted by Crippen LogP contribution is 2.29. The summed E-state index contributed by atoms with van der Waals surface area (Å²) in [5.74, 6) is 0.193. The number of thiazole rings is 1. The Morgan fingerprint density at radius 2 is 2.03 bits per heavy atom. The number of hydrogen-bond donors (Lipinski definition) is 2. The first-order valence-corrected chi connectivity index (χ1v) is 10.2. The zero-order valence-corrected chi connectivity index (χ0v) is 20.1. The average molecular weight is 564 g/mol. The number of ether oxygens (including phenoxy) is 1. The van der Waals surface area contributed by atoms with Crippen LogP contribution in [-0.2, 0) is 22.3 Å². The normalized spacial score (nSPS) is 15.4. The number of morpholine rings is 1. The van der Waals surface area contributed by atoms with Crippen LogP contribution in [0.25, 0.3) is 0 Å². The lowest BCUT2D eigenvalue weighted by Gasteiger charge is -2.26. The number of aliphatic imine (C=N–C) groups is 1. The molecule has 1 saturated heterocycles. The van der Waals surface area contributed by atoms with E-state index in [0.717, 1.165) is 56.0 Å². The fourth-order valence-corrected chi connectivity index (χ4v) is 3.22. The lowest BCUT2D eigenvalue weighted by Crippen LogP contribution is -2.41. The van der Waals surface area contributed by atoms with E-state index >= 15 is 0 Å². The summed E-state index contributed by atoms with van der Waals surface area (Å²) in [6.07, 6.45) is -3.60. The van der Waals surface area contributed by atoms with Crippen LogP contribution in [-0.4, -0.2) is 86.7 Å². The first kappa shape index (κ1) is 26.8. The molecule has 2 heterocycles. The van der Waals surface area contributed by atoms with E-state index < -0.39 is 11.9 Å². The van der Waals surface area contributed by atoms with Crippen LogP contribution in [0, 0.1) is 0 Å². The number of aromatic nitrogens is 1. The Hall–Kier alpha value is -1.19. The van der Waals surface area contributed by atoms with Crippen molar-refractivity contribution in [1.82, 2.24) is 25.4 Å². The lowest BCUT2D eigenvalue weighted by molar-refractivity contribution is -0.140. The first-order valence-electron chi connectivity index (χ1n) is 9.29. The van der Waals surface area contributed by atoms with Gasteiger partial charge in [0.2, 0.25) is 5.91 Å². The van der Waals surface area contributed by atoms with Crippen LogP contribution in [0.1, 0.15) is 17.1 Å². The number of carbonyl (C=O) groups is 1. The van der Waals surface area contributed by atoms with Crippen molar-refractivity contribution in [3.05, 3.63) is 16.1 Å². The predicted octanol–water partition coefficient (Wildman–Crippen LogP) is 1.63. The molecule has 1 fully saturated rings. The molecule has 0 aromatic carbocycles. The average Bonchev–Trinajstić information content (AvgIpc) is 3.16. The van der Waals surface area contributed by atoms with Crippen LogP contribution in [0.5, 0.6) is 0 Å². The van der Waals surface area contributed by atoms with E-state index in [1.807, 2.05) is 0 Å². The summed E-state index contributed by atoms with van der Waals surface area (Å²) >= 11 is 0.925. The van der Waals surface area contributed by atoms with Crippen molar-refractivity contribution >= 4 is 47.2 Å². The van der Waals surface area contributed by atoms with Crippen LogP contribution in [0.3, 0.4) is 0 Å². The smallest absolute Gasteiger partial charge is 0.379 e. The second-order valence-electron chi connectivity index (χ2n) is 6.67. The van der Waals surface area contributed by atoms with Gasteiger partial charge in [0.25, 0.3) is 0 Å². The van der Waals surface area contributed by atoms with Gasteiger partial charge in [0.05, 0.1) is 19.8 Å². The summed E-state index contributed by atoms with van der Waals surface area (Å²) in [6, 6.07) is 0. The maximum absolute atomic E-state index is 12.7. The molecule has 1 aliphatic rings. The number of amides is 1. The largest absolute Gasteiger partial charge is 0.434 e. The minimum atomic E-state index is -4.46. The fraction of sp³-hybridized carbons (Fsp3) is 0.706. The fourth-order valence-electron chi connectivity index (χ4n) is 2.48. The summed E-state index contributed by atoms with van der Waals surface area (Å²) in [4.78, 5) is 23.3. The number of alkyl halides is 3. The molecular weight excluding hydrogens is 536 g/mol. The molecule has 30 heavy (non-hydrogen) atoms. The standard InChI is InChI=1S/C17H27F3N6O2S.HI/c1-25(2)15(27)11-23-16(21-4-3-5-26-6-8-28-9-7-26)22-10-14-24-13(12-29-14)17(18,19)20;/h12H,3-11H2,1-2H3,(H2,21,22,23);1H. The minimum absolute atomic E-state index is 0. The Bertz CT molecular complexity index is 681. The highest BCUT2D eigenvalue weighted by atomic mass is 127. The molecule has 0 atom stereocenters. The van der Waals surface area contributed by atoms with Crippen LogP contribution >= 0.6 is 35.3 Å². The number of halogens is 4. The number of rotatable bonds is 8. The first-order chi connectivity index (χ1) is 13.8. The zero-order chi connectivity index (χ0) is 21.3. The monoisotopic (exact) mass is 564 g/mol. The third-order valence-electron chi connectivity index (χ3n) is 4.17. The molecule has 2 rings (SSSR count). The quantitative estimate of drug-likeness (QED) is 0.216. The molecule has 8 nitrogen and oxygen atoms in total. The van der Waals surface area contributed by atoms with Gasteiger partial charge in [-0.3, -0.25) is 9.69 Å². The number of carbonyl (C=O) groups excluding carboxylic acids is 1. The van der Waals surface area contributed by atoms with Crippen molar-refractivity contribution in [3.8, 4) is 0 Å². The van der Waals surface area contributed by atoms with Crippen LogP contribution in [0.2, 0.25) is 0 Å². The molecule has 1 aliphatic heterocycles. The van der Waals surface area contributed by atoms with Gasteiger partial charge in [-0.05, 0) is 13.0 Å². The number of hydrogen-bond acceptors (Lipinski definition) is 6. The van der Waals surface area contributed by atoms with Gasteiger partial charge in [-0.15, -0.1) is 35.3 Å². The molecule has 13 heteroatoms. The Balaban J connectivity index is 0.00000450. The SMILES string of the molecule is CN(C)C(=O)CN=C(NCCCN1CCOCC1)NCc1nc(C(F)(F)F)cs1.I. The summed E-state index contributed by atoms with van der Waals surface area (Å²) in [5.41, 5.74) is -0.904. The van der Waals surface area contributed by atoms with E-state index in [1.165, 1.54) is 4.90 Å². The molecule has 0 saturated carbocycles. The summed E-state index contributed by atoms with van der Waals surface area (Å²) in [6.45, 7) is 4.84. The van der Waals surface area contributed by atoms with Crippen LogP contribution < -0.4 is 10.6 Å². The molecule has 0 unspecified atom stereocenters. The highest BCUT2D eigenvalue weighted by molar-refractivity contribution is 14.0. The third kappa shape index (κ3) is 9.75. The Labute approximate surface area is 195 Å². The second kappa shape index (κ2) is 13.3. The van der Waals surface area contributed by atoms with Crippen molar-refractivity contribution in [2.45, 2.75) is 19.1 Å². The van der Waals surface area contributed by atoms with Crippen molar-refractivity contribution in [3.63, 3.8) is 0 Å². The Morgan fingerprint density at radius 3 is 2.63 bits per heavy atom. The molecule has 172 valence electrons. The van der Waals surface area contributed by atoms with Crippen molar-refractivity contribution in [1.29, 1.82) is 0 Å². The van der Waals surface area contributed by atoms with Gasteiger partial charge in [-0.1, -0.05) is 0 Å². The predicted molar refractivity (Wildman–Crippen MR) is 120 cm³/mol. The van der Waals surface area contributed by atoms with Crippen LogP contribution in [0.4, 0.5) is 13.2 Å². The van der Waals surface area contributed by atoms with Gasteiger partial charge in [0, 0.05) is 39.1 Å². The van der Waals surface area contributed by atoms with Gasteiger partial charge in [0.15, 0.2) is 11.7 Å². The van der Waals surface area contributed by atoms with Gasteiger partial charge in [0.1, 0.15) is 11.6 Å². The zero-order valence-electron chi connectivity index (χ0n) is 17.0. The van der Waals surface area contributed by atoms with Gasteiger partial charge >= 0.3 is 6.18 Å². The molecule has 1 aromatic heterocycles. The van der Waals surface area contributed by atoms with Gasteiger partial charge in [-0.25, -0.2) is 9.98 Å². The van der Waals surface area contributed by atoms with Crippen molar-refractivity contribution < 1.29 is 22.7 Å². The topological polar surface area (TPSA) is 82.1 Å². The molecule has 1 aromatic rings. The van der Waals surface area contributed by atoms with E-state index in [2.05, 4.69) is 25.5 Å². The molecular formula is C17H28F3IN6O2S.